The summed E-state index contributed by atoms with van der Waals surface area (Å²) in [7, 11) is -1.71. The maximum Gasteiger partial charge on any atom is 0.226 e. The predicted molar refractivity (Wildman–Crippen MR) is 76.6 cm³/mol. The monoisotopic (exact) mass is 316 g/mol. The number of rotatable bonds is 4. The van der Waals surface area contributed by atoms with E-state index in [0.717, 1.165) is 0 Å². The molecule has 21 heavy (non-hydrogen) atoms. The number of carbonyl (C=O) groups excluding carboxylic acids is 1. The summed E-state index contributed by atoms with van der Waals surface area (Å²) in [4.78, 5) is 11.9. The number of halogens is 1. The van der Waals surface area contributed by atoms with Crippen LogP contribution in [0.5, 0.6) is 5.75 Å². The number of methoxy groups -OCH3 is 1. The van der Waals surface area contributed by atoms with Crippen LogP contribution in [0.3, 0.4) is 0 Å². The van der Waals surface area contributed by atoms with Crippen LogP contribution in [0.1, 0.15) is 6.42 Å². The van der Waals surface area contributed by atoms with Gasteiger partial charge in [0.2, 0.25) is 5.91 Å². The summed E-state index contributed by atoms with van der Waals surface area (Å²) in [6, 6.07) is 3.37. The molecule has 0 spiro atoms. The molecular formula is C13H17FN2O4S. The highest BCUT2D eigenvalue weighted by molar-refractivity contribution is 7.91. The van der Waals surface area contributed by atoms with Gasteiger partial charge >= 0.3 is 0 Å². The van der Waals surface area contributed by atoms with E-state index in [-0.39, 0.29) is 29.6 Å². The second-order valence-electron chi connectivity index (χ2n) is 4.86. The largest absolute Gasteiger partial charge is 0.494 e. The van der Waals surface area contributed by atoms with Crippen molar-refractivity contribution in [2.45, 2.75) is 12.5 Å². The molecule has 0 aliphatic carbocycles. The molecule has 0 radical (unpaired) electrons. The third-order valence-corrected chi connectivity index (χ3v) is 4.91. The zero-order valence-electron chi connectivity index (χ0n) is 11.6. The average Bonchev–Trinajstić information content (AvgIpc) is 2.39. The van der Waals surface area contributed by atoms with Crippen LogP contribution in [0.4, 0.5) is 10.1 Å². The number of amides is 1. The molecule has 1 amide bonds. The molecule has 0 saturated carbocycles. The van der Waals surface area contributed by atoms with Gasteiger partial charge in [-0.15, -0.1) is 0 Å². The zero-order valence-corrected chi connectivity index (χ0v) is 12.4. The summed E-state index contributed by atoms with van der Waals surface area (Å²) in [5, 5.41) is 5.60. The lowest BCUT2D eigenvalue weighted by Gasteiger charge is -2.23. The van der Waals surface area contributed by atoms with E-state index in [2.05, 4.69) is 10.6 Å². The van der Waals surface area contributed by atoms with Crippen molar-refractivity contribution >= 4 is 21.4 Å². The number of benzene rings is 1. The Labute approximate surface area is 122 Å². The van der Waals surface area contributed by atoms with Crippen molar-refractivity contribution in [2.24, 2.45) is 0 Å². The lowest BCUT2D eigenvalue weighted by molar-refractivity contribution is -0.116. The first kappa shape index (κ1) is 15.7. The minimum absolute atomic E-state index is 0.0275. The van der Waals surface area contributed by atoms with E-state index in [9.17, 15) is 17.6 Å². The molecule has 1 aromatic rings. The average molecular weight is 316 g/mol. The Morgan fingerprint density at radius 3 is 2.95 bits per heavy atom. The van der Waals surface area contributed by atoms with E-state index in [1.807, 2.05) is 0 Å². The van der Waals surface area contributed by atoms with Crippen LogP contribution in [0.25, 0.3) is 0 Å². The van der Waals surface area contributed by atoms with Gasteiger partial charge in [0, 0.05) is 25.1 Å². The lowest BCUT2D eigenvalue weighted by Crippen LogP contribution is -2.46. The fraction of sp³-hybridized carbons (Fsp3) is 0.462. The summed E-state index contributed by atoms with van der Waals surface area (Å²) >= 11 is 0. The predicted octanol–water partition coefficient (Wildman–Crippen LogP) is 0.549. The van der Waals surface area contributed by atoms with Crippen molar-refractivity contribution in [3.63, 3.8) is 0 Å². The number of carbonyl (C=O) groups is 1. The maximum absolute atomic E-state index is 13.1. The van der Waals surface area contributed by atoms with Crippen molar-refractivity contribution in [2.75, 3.05) is 30.5 Å². The smallest absolute Gasteiger partial charge is 0.226 e. The molecule has 1 aromatic carbocycles. The van der Waals surface area contributed by atoms with E-state index < -0.39 is 21.7 Å². The molecular weight excluding hydrogens is 299 g/mol. The maximum atomic E-state index is 13.1. The summed E-state index contributed by atoms with van der Waals surface area (Å²) in [5.41, 5.74) is 0.350. The molecule has 2 N–H and O–H groups in total. The Morgan fingerprint density at radius 2 is 2.29 bits per heavy atom. The van der Waals surface area contributed by atoms with E-state index >= 15 is 0 Å². The highest BCUT2D eigenvalue weighted by Gasteiger charge is 2.26. The van der Waals surface area contributed by atoms with Crippen molar-refractivity contribution in [1.82, 2.24) is 5.32 Å². The number of nitrogens with one attached hydrogen (secondary N) is 2. The molecule has 0 bridgehead atoms. The highest BCUT2D eigenvalue weighted by Crippen LogP contribution is 2.25. The van der Waals surface area contributed by atoms with Crippen LogP contribution < -0.4 is 15.4 Å². The van der Waals surface area contributed by atoms with E-state index in [4.69, 9.17) is 4.74 Å². The molecule has 116 valence electrons. The van der Waals surface area contributed by atoms with Gasteiger partial charge in [-0.05, 0) is 12.1 Å². The molecule has 1 heterocycles. The van der Waals surface area contributed by atoms with Crippen molar-refractivity contribution in [1.29, 1.82) is 0 Å². The molecule has 1 aliphatic heterocycles. The van der Waals surface area contributed by atoms with Gasteiger partial charge in [-0.25, -0.2) is 12.8 Å². The van der Waals surface area contributed by atoms with Crippen molar-refractivity contribution in [3.05, 3.63) is 24.0 Å². The topological polar surface area (TPSA) is 84.5 Å². The normalized spacial score (nSPS) is 20.8. The molecule has 1 atom stereocenters. The lowest BCUT2D eigenvalue weighted by atomic mass is 10.2. The summed E-state index contributed by atoms with van der Waals surface area (Å²) in [6.45, 7) is 0.347. The molecule has 2 rings (SSSR count). The summed E-state index contributed by atoms with van der Waals surface area (Å²) in [6.07, 6.45) is 0.0275. The van der Waals surface area contributed by atoms with Crippen LogP contribution in [0, 0.1) is 5.82 Å². The van der Waals surface area contributed by atoms with Gasteiger partial charge in [-0.2, -0.15) is 0 Å². The van der Waals surface area contributed by atoms with Gasteiger partial charge in [0.05, 0.1) is 24.3 Å². The van der Waals surface area contributed by atoms with Gasteiger partial charge in [0.1, 0.15) is 11.6 Å². The standard InChI is InChI=1S/C13H17FN2O4S/c1-20-12-6-9(14)2-3-11(12)16-13(17)7-10-8-21(18,19)5-4-15-10/h2-3,6,10,15H,4-5,7-8H2,1H3,(H,16,17). The van der Waals surface area contributed by atoms with Gasteiger partial charge in [-0.3, -0.25) is 4.79 Å². The quantitative estimate of drug-likeness (QED) is 0.847. The molecule has 6 nitrogen and oxygen atoms in total. The SMILES string of the molecule is COc1cc(F)ccc1NC(=O)CC1CS(=O)(=O)CCN1. The minimum atomic E-state index is -3.09. The first-order valence-electron chi connectivity index (χ1n) is 6.47. The zero-order chi connectivity index (χ0) is 15.5. The van der Waals surface area contributed by atoms with Gasteiger partial charge in [0.25, 0.3) is 0 Å². The first-order valence-corrected chi connectivity index (χ1v) is 8.29. The Balaban J connectivity index is 1.99. The molecule has 1 aliphatic rings. The minimum Gasteiger partial charge on any atom is -0.494 e. The number of hydrogen-bond acceptors (Lipinski definition) is 5. The number of anilines is 1. The Morgan fingerprint density at radius 1 is 1.52 bits per heavy atom. The van der Waals surface area contributed by atoms with E-state index in [1.165, 1.54) is 25.3 Å². The second-order valence-corrected chi connectivity index (χ2v) is 7.09. The van der Waals surface area contributed by atoms with Crippen LogP contribution >= 0.6 is 0 Å². The van der Waals surface area contributed by atoms with Crippen molar-refractivity contribution in [3.8, 4) is 5.75 Å². The fourth-order valence-electron chi connectivity index (χ4n) is 2.19. The van der Waals surface area contributed by atoms with Crippen LogP contribution in [-0.4, -0.2) is 45.5 Å². The van der Waals surface area contributed by atoms with E-state index in [0.29, 0.717) is 12.2 Å². The third kappa shape index (κ3) is 4.40. The Kier molecular flexibility index (Phi) is 4.79. The Hall–Kier alpha value is -1.67. The molecule has 8 heteroatoms. The fourth-order valence-corrected chi connectivity index (χ4v) is 3.64. The Bertz CT molecular complexity index is 633. The molecule has 1 saturated heterocycles. The molecule has 1 unspecified atom stereocenters. The van der Waals surface area contributed by atoms with Crippen LogP contribution in [0.2, 0.25) is 0 Å². The van der Waals surface area contributed by atoms with Crippen LogP contribution in [0.15, 0.2) is 18.2 Å². The van der Waals surface area contributed by atoms with Crippen LogP contribution in [-0.2, 0) is 14.6 Å². The molecule has 1 fully saturated rings. The molecule has 0 aromatic heterocycles. The first-order chi connectivity index (χ1) is 9.89. The summed E-state index contributed by atoms with van der Waals surface area (Å²) in [5.74, 6) is -0.565. The number of sulfone groups is 1. The number of hydrogen-bond donors (Lipinski definition) is 2. The van der Waals surface area contributed by atoms with Gasteiger partial charge in [-0.1, -0.05) is 0 Å². The highest BCUT2D eigenvalue weighted by atomic mass is 32.2. The summed E-state index contributed by atoms with van der Waals surface area (Å²) < 4.78 is 41.1. The second kappa shape index (κ2) is 6.40. The van der Waals surface area contributed by atoms with E-state index in [1.54, 1.807) is 0 Å². The third-order valence-electron chi connectivity index (χ3n) is 3.17. The van der Waals surface area contributed by atoms with Crippen molar-refractivity contribution < 1.29 is 22.3 Å². The van der Waals surface area contributed by atoms with Gasteiger partial charge in [0.15, 0.2) is 9.84 Å². The van der Waals surface area contributed by atoms with Gasteiger partial charge < -0.3 is 15.4 Å². The number of ether oxygens (including phenoxy) is 1.